The maximum Gasteiger partial charge on any atom is 0.117 e. The van der Waals surface area contributed by atoms with Crippen molar-refractivity contribution in [2.45, 2.75) is 20.8 Å². The Balaban J connectivity index is 0.000000336. The molecule has 0 bridgehead atoms. The van der Waals surface area contributed by atoms with Gasteiger partial charge < -0.3 is 0 Å². The first-order valence-electron chi connectivity index (χ1n) is 4.12. The second kappa shape index (κ2) is 3.85. The van der Waals surface area contributed by atoms with Crippen LogP contribution in [0.25, 0.3) is 5.52 Å². The Morgan fingerprint density at radius 1 is 1.33 bits per heavy atom. The van der Waals surface area contributed by atoms with Gasteiger partial charge in [0.25, 0.3) is 0 Å². The van der Waals surface area contributed by atoms with Crippen LogP contribution in [0.15, 0.2) is 24.7 Å². The van der Waals surface area contributed by atoms with Crippen LogP contribution in [-0.4, -0.2) is 14.6 Å². The van der Waals surface area contributed by atoms with E-state index in [2.05, 4.69) is 10.1 Å². The van der Waals surface area contributed by atoms with Gasteiger partial charge >= 0.3 is 0 Å². The van der Waals surface area contributed by atoms with E-state index >= 15 is 0 Å². The van der Waals surface area contributed by atoms with Crippen molar-refractivity contribution in [3.8, 4) is 0 Å². The molecule has 0 saturated carbocycles. The van der Waals surface area contributed by atoms with Crippen LogP contribution >= 0.6 is 0 Å². The summed E-state index contributed by atoms with van der Waals surface area (Å²) >= 11 is 0. The fourth-order valence-electron chi connectivity index (χ4n) is 0.975. The van der Waals surface area contributed by atoms with Crippen LogP contribution in [0.5, 0.6) is 0 Å². The summed E-state index contributed by atoms with van der Waals surface area (Å²) in [5, 5.41) is 4.17. The fraction of sp³-hybridized carbons (Fsp3) is 0.333. The van der Waals surface area contributed by atoms with Gasteiger partial charge in [-0.2, -0.15) is 5.10 Å². The summed E-state index contributed by atoms with van der Waals surface area (Å²) in [6.07, 6.45) is 3.46. The molecule has 0 aliphatic rings. The van der Waals surface area contributed by atoms with Gasteiger partial charge in [-0.25, -0.2) is 9.50 Å². The Labute approximate surface area is 72.1 Å². The molecule has 2 aromatic rings. The average molecular weight is 163 g/mol. The molecule has 0 aliphatic carbocycles. The van der Waals surface area contributed by atoms with Crippen molar-refractivity contribution in [2.75, 3.05) is 0 Å². The van der Waals surface area contributed by atoms with E-state index in [9.17, 15) is 0 Å². The van der Waals surface area contributed by atoms with Crippen LogP contribution < -0.4 is 0 Å². The Kier molecular flexibility index (Phi) is 2.80. The topological polar surface area (TPSA) is 30.2 Å². The Morgan fingerprint density at radius 3 is 2.75 bits per heavy atom. The van der Waals surface area contributed by atoms with E-state index in [0.717, 1.165) is 11.2 Å². The summed E-state index contributed by atoms with van der Waals surface area (Å²) in [7, 11) is 0. The monoisotopic (exact) mass is 163 g/mol. The van der Waals surface area contributed by atoms with Crippen molar-refractivity contribution < 1.29 is 0 Å². The SMILES string of the molecule is CC.Cc1cc2ccncn2n1. The van der Waals surface area contributed by atoms with Crippen molar-refractivity contribution in [3.63, 3.8) is 0 Å². The second-order valence-electron chi connectivity index (χ2n) is 2.24. The number of hydrogen-bond donors (Lipinski definition) is 0. The van der Waals surface area contributed by atoms with E-state index in [0.29, 0.717) is 0 Å². The summed E-state index contributed by atoms with van der Waals surface area (Å²) in [5.41, 5.74) is 2.11. The maximum atomic E-state index is 4.17. The summed E-state index contributed by atoms with van der Waals surface area (Å²) in [5.74, 6) is 0. The molecule has 0 fully saturated rings. The molecule has 64 valence electrons. The number of fused-ring (bicyclic) bond motifs is 1. The quantitative estimate of drug-likeness (QED) is 0.595. The fourth-order valence-corrected chi connectivity index (χ4v) is 0.975. The van der Waals surface area contributed by atoms with Crippen molar-refractivity contribution >= 4 is 5.52 Å². The van der Waals surface area contributed by atoms with Crippen LogP contribution in [-0.2, 0) is 0 Å². The minimum absolute atomic E-state index is 1.02. The highest BCUT2D eigenvalue weighted by atomic mass is 15.2. The van der Waals surface area contributed by atoms with Crippen molar-refractivity contribution in [1.29, 1.82) is 0 Å². The Hall–Kier alpha value is -1.38. The van der Waals surface area contributed by atoms with Gasteiger partial charge in [0.05, 0.1) is 11.2 Å². The lowest BCUT2D eigenvalue weighted by molar-refractivity contribution is 0.901. The third-order valence-corrected chi connectivity index (χ3v) is 1.39. The third kappa shape index (κ3) is 1.61. The molecule has 0 amide bonds. The zero-order chi connectivity index (χ0) is 8.97. The highest BCUT2D eigenvalue weighted by Gasteiger charge is 1.92. The van der Waals surface area contributed by atoms with E-state index in [1.807, 2.05) is 32.9 Å². The van der Waals surface area contributed by atoms with Gasteiger partial charge in [-0.3, -0.25) is 0 Å². The molecule has 0 saturated heterocycles. The zero-order valence-corrected chi connectivity index (χ0v) is 7.65. The Bertz CT molecular complexity index is 318. The summed E-state index contributed by atoms with van der Waals surface area (Å²) in [6.45, 7) is 5.97. The van der Waals surface area contributed by atoms with Crippen LogP contribution in [0.1, 0.15) is 19.5 Å². The second-order valence-corrected chi connectivity index (χ2v) is 2.24. The number of rotatable bonds is 0. The van der Waals surface area contributed by atoms with Crippen LogP contribution in [0.2, 0.25) is 0 Å². The van der Waals surface area contributed by atoms with Gasteiger partial charge in [-0.05, 0) is 19.1 Å². The van der Waals surface area contributed by atoms with Crippen LogP contribution in [0.3, 0.4) is 0 Å². The lowest BCUT2D eigenvalue weighted by Crippen LogP contribution is -1.86. The van der Waals surface area contributed by atoms with Crippen molar-refractivity contribution in [3.05, 3.63) is 30.4 Å². The smallest absolute Gasteiger partial charge is 0.117 e. The van der Waals surface area contributed by atoms with Crippen LogP contribution in [0, 0.1) is 6.92 Å². The molecule has 0 aromatic carbocycles. The molecular formula is C9H13N3. The predicted octanol–water partition coefficient (Wildman–Crippen LogP) is 2.06. The first-order chi connectivity index (χ1) is 5.86. The Morgan fingerprint density at radius 2 is 2.08 bits per heavy atom. The highest BCUT2D eigenvalue weighted by molar-refractivity contribution is 5.45. The lowest BCUT2D eigenvalue weighted by Gasteiger charge is -1.86. The molecule has 0 radical (unpaired) electrons. The first-order valence-corrected chi connectivity index (χ1v) is 4.12. The molecule has 0 atom stereocenters. The minimum Gasteiger partial charge on any atom is -0.245 e. The molecule has 0 unspecified atom stereocenters. The predicted molar refractivity (Wildman–Crippen MR) is 49.1 cm³/mol. The molecule has 0 spiro atoms. The van der Waals surface area contributed by atoms with Gasteiger partial charge in [0, 0.05) is 6.20 Å². The summed E-state index contributed by atoms with van der Waals surface area (Å²) < 4.78 is 1.76. The molecule has 3 nitrogen and oxygen atoms in total. The average Bonchev–Trinajstić information content (AvgIpc) is 2.48. The van der Waals surface area contributed by atoms with E-state index < -0.39 is 0 Å². The zero-order valence-electron chi connectivity index (χ0n) is 7.65. The molecule has 2 rings (SSSR count). The summed E-state index contributed by atoms with van der Waals surface area (Å²) in [6, 6.07) is 3.95. The molecule has 12 heavy (non-hydrogen) atoms. The molecular weight excluding hydrogens is 150 g/mol. The molecule has 3 heteroatoms. The van der Waals surface area contributed by atoms with Gasteiger partial charge in [-0.15, -0.1) is 0 Å². The van der Waals surface area contributed by atoms with E-state index in [1.54, 1.807) is 17.0 Å². The number of hydrogen-bond acceptors (Lipinski definition) is 2. The first kappa shape index (κ1) is 8.71. The third-order valence-electron chi connectivity index (χ3n) is 1.39. The van der Waals surface area contributed by atoms with Crippen molar-refractivity contribution in [1.82, 2.24) is 14.6 Å². The van der Waals surface area contributed by atoms with Gasteiger partial charge in [0.2, 0.25) is 0 Å². The standard InChI is InChI=1S/C7H7N3.C2H6/c1-6-4-7-2-3-8-5-10(7)9-6;1-2/h2-5H,1H3;1-2H3. The normalized spacial score (nSPS) is 9.25. The number of aromatic nitrogens is 3. The van der Waals surface area contributed by atoms with E-state index in [1.165, 1.54) is 0 Å². The van der Waals surface area contributed by atoms with Crippen molar-refractivity contribution in [2.24, 2.45) is 0 Å². The molecule has 0 aliphatic heterocycles. The minimum atomic E-state index is 1.02. The van der Waals surface area contributed by atoms with E-state index in [-0.39, 0.29) is 0 Å². The summed E-state index contributed by atoms with van der Waals surface area (Å²) in [4.78, 5) is 3.93. The molecule has 2 heterocycles. The molecule has 0 N–H and O–H groups in total. The lowest BCUT2D eigenvalue weighted by atomic mass is 10.4. The van der Waals surface area contributed by atoms with Crippen LogP contribution in [0.4, 0.5) is 0 Å². The number of aryl methyl sites for hydroxylation is 1. The van der Waals surface area contributed by atoms with E-state index in [4.69, 9.17) is 0 Å². The maximum absolute atomic E-state index is 4.17. The van der Waals surface area contributed by atoms with Gasteiger partial charge in [0.1, 0.15) is 6.33 Å². The largest absolute Gasteiger partial charge is 0.245 e. The molecule has 2 aromatic heterocycles. The highest BCUT2D eigenvalue weighted by Crippen LogP contribution is 2.01. The van der Waals surface area contributed by atoms with Gasteiger partial charge in [0.15, 0.2) is 0 Å². The number of nitrogens with zero attached hydrogens (tertiary/aromatic N) is 3. The van der Waals surface area contributed by atoms with Gasteiger partial charge in [-0.1, -0.05) is 13.8 Å².